The van der Waals surface area contributed by atoms with Crippen LogP contribution >= 0.6 is 11.6 Å². The highest BCUT2D eigenvalue weighted by Gasteiger charge is 2.24. The molecule has 0 aliphatic carbocycles. The Kier molecular flexibility index (Phi) is 6.57. The SMILES string of the molecule is CCCCCc1c(-c2ccc(Cl)cc2)c(C(N)=O)c(C)n1CCc1cnc[nH]1. The summed E-state index contributed by atoms with van der Waals surface area (Å²) in [5.74, 6) is -0.389. The van der Waals surface area contributed by atoms with Crippen LogP contribution in [0.1, 0.15) is 53.6 Å². The van der Waals surface area contributed by atoms with Gasteiger partial charge in [0, 0.05) is 46.8 Å². The standard InChI is InChI=1S/C22H27ClN4O/c1-3-4-5-6-19-21(16-7-9-17(23)10-8-16)20(22(24)28)15(2)27(19)12-11-18-13-25-14-26-18/h7-10,13-14H,3-6,11-12H2,1-2H3,(H2,24,28)(H,25,26). The number of hydrogen-bond donors (Lipinski definition) is 2. The third-order valence-electron chi connectivity index (χ3n) is 5.19. The van der Waals surface area contributed by atoms with E-state index in [1.165, 1.54) is 5.69 Å². The van der Waals surface area contributed by atoms with Crippen LogP contribution in [0.15, 0.2) is 36.8 Å². The van der Waals surface area contributed by atoms with Crippen molar-refractivity contribution in [2.45, 2.75) is 52.5 Å². The number of aryl methyl sites for hydroxylation is 1. The van der Waals surface area contributed by atoms with Gasteiger partial charge in [-0.3, -0.25) is 4.79 Å². The second-order valence-corrected chi connectivity index (χ2v) is 7.53. The van der Waals surface area contributed by atoms with E-state index in [0.717, 1.165) is 61.2 Å². The van der Waals surface area contributed by atoms with E-state index < -0.39 is 0 Å². The number of carbonyl (C=O) groups excluding carboxylic acids is 1. The Morgan fingerprint density at radius 3 is 2.57 bits per heavy atom. The zero-order chi connectivity index (χ0) is 20.1. The van der Waals surface area contributed by atoms with E-state index in [9.17, 15) is 4.79 Å². The lowest BCUT2D eigenvalue weighted by Crippen LogP contribution is -2.14. The van der Waals surface area contributed by atoms with Crippen LogP contribution in [-0.4, -0.2) is 20.4 Å². The number of nitrogens with zero attached hydrogens (tertiary/aromatic N) is 2. The molecule has 0 unspecified atom stereocenters. The first kappa shape index (κ1) is 20.2. The Labute approximate surface area is 170 Å². The molecule has 0 aliphatic heterocycles. The molecule has 0 atom stereocenters. The van der Waals surface area contributed by atoms with Crippen molar-refractivity contribution in [2.24, 2.45) is 5.73 Å². The zero-order valence-electron chi connectivity index (χ0n) is 16.5. The quantitative estimate of drug-likeness (QED) is 0.502. The number of nitrogens with two attached hydrogens (primary N) is 1. The Balaban J connectivity index is 2.09. The van der Waals surface area contributed by atoms with Crippen LogP contribution in [0.4, 0.5) is 0 Å². The van der Waals surface area contributed by atoms with Crippen LogP contribution in [0, 0.1) is 6.92 Å². The van der Waals surface area contributed by atoms with Crippen LogP contribution in [0.3, 0.4) is 0 Å². The maximum atomic E-state index is 12.4. The molecule has 1 amide bonds. The molecule has 6 heteroatoms. The lowest BCUT2D eigenvalue weighted by atomic mass is 9.97. The molecule has 1 aromatic carbocycles. The largest absolute Gasteiger partial charge is 0.366 e. The molecular weight excluding hydrogens is 372 g/mol. The Bertz CT molecular complexity index is 927. The predicted octanol–water partition coefficient (Wildman–Crippen LogP) is 4.91. The van der Waals surface area contributed by atoms with Gasteiger partial charge in [-0.2, -0.15) is 0 Å². The van der Waals surface area contributed by atoms with Crippen LogP contribution in [-0.2, 0) is 19.4 Å². The third kappa shape index (κ3) is 4.30. The van der Waals surface area contributed by atoms with Gasteiger partial charge in [-0.05, 0) is 37.5 Å². The number of unbranched alkanes of at least 4 members (excludes halogenated alkanes) is 2. The molecule has 0 saturated heterocycles. The van der Waals surface area contributed by atoms with Crippen molar-refractivity contribution in [3.63, 3.8) is 0 Å². The van der Waals surface area contributed by atoms with Gasteiger partial charge < -0.3 is 15.3 Å². The van der Waals surface area contributed by atoms with Crippen molar-refractivity contribution in [2.75, 3.05) is 0 Å². The highest BCUT2D eigenvalue weighted by Crippen LogP contribution is 2.34. The van der Waals surface area contributed by atoms with Gasteiger partial charge in [-0.25, -0.2) is 4.98 Å². The van der Waals surface area contributed by atoms with Gasteiger partial charge >= 0.3 is 0 Å². The minimum Gasteiger partial charge on any atom is -0.366 e. The first-order valence-corrected chi connectivity index (χ1v) is 10.2. The second kappa shape index (κ2) is 9.11. The van der Waals surface area contributed by atoms with E-state index in [0.29, 0.717) is 10.6 Å². The van der Waals surface area contributed by atoms with Gasteiger partial charge in [-0.1, -0.05) is 43.5 Å². The molecule has 0 saturated carbocycles. The summed E-state index contributed by atoms with van der Waals surface area (Å²) in [7, 11) is 0. The first-order valence-electron chi connectivity index (χ1n) is 9.77. The Morgan fingerprint density at radius 1 is 1.21 bits per heavy atom. The molecular formula is C22H27ClN4O. The van der Waals surface area contributed by atoms with Crippen molar-refractivity contribution < 1.29 is 4.79 Å². The summed E-state index contributed by atoms with van der Waals surface area (Å²) in [6.45, 7) is 4.94. The molecule has 5 nitrogen and oxygen atoms in total. The fourth-order valence-electron chi connectivity index (χ4n) is 3.79. The van der Waals surface area contributed by atoms with Crippen molar-refractivity contribution in [1.82, 2.24) is 14.5 Å². The monoisotopic (exact) mass is 398 g/mol. The summed E-state index contributed by atoms with van der Waals surface area (Å²) in [6, 6.07) is 7.64. The Hall–Kier alpha value is -2.53. The molecule has 0 fully saturated rings. The average Bonchev–Trinajstić information content (AvgIpc) is 3.27. The summed E-state index contributed by atoms with van der Waals surface area (Å²) in [5, 5.41) is 0.673. The van der Waals surface area contributed by atoms with E-state index in [4.69, 9.17) is 17.3 Å². The van der Waals surface area contributed by atoms with Crippen molar-refractivity contribution in [3.05, 3.63) is 64.5 Å². The van der Waals surface area contributed by atoms with Gasteiger partial charge in [0.25, 0.3) is 5.91 Å². The van der Waals surface area contributed by atoms with E-state index in [1.807, 2.05) is 37.4 Å². The van der Waals surface area contributed by atoms with Crippen molar-refractivity contribution >= 4 is 17.5 Å². The molecule has 0 spiro atoms. The molecule has 28 heavy (non-hydrogen) atoms. The van der Waals surface area contributed by atoms with Gasteiger partial charge in [0.05, 0.1) is 11.9 Å². The summed E-state index contributed by atoms with van der Waals surface area (Å²) < 4.78 is 2.25. The number of rotatable bonds is 9. The van der Waals surface area contributed by atoms with E-state index >= 15 is 0 Å². The number of primary amides is 1. The van der Waals surface area contributed by atoms with Gasteiger partial charge in [0.2, 0.25) is 0 Å². The number of carbonyl (C=O) groups is 1. The molecule has 3 aromatic rings. The van der Waals surface area contributed by atoms with Crippen LogP contribution in [0.5, 0.6) is 0 Å². The van der Waals surface area contributed by atoms with E-state index in [2.05, 4.69) is 21.5 Å². The summed E-state index contributed by atoms with van der Waals surface area (Å²) in [6.07, 6.45) is 8.61. The number of nitrogens with one attached hydrogen (secondary N) is 1. The molecule has 2 heterocycles. The second-order valence-electron chi connectivity index (χ2n) is 7.09. The normalized spacial score (nSPS) is 11.1. The summed E-state index contributed by atoms with van der Waals surface area (Å²) in [4.78, 5) is 19.6. The average molecular weight is 399 g/mol. The molecule has 0 bridgehead atoms. The van der Waals surface area contributed by atoms with Gasteiger partial charge in [-0.15, -0.1) is 0 Å². The van der Waals surface area contributed by atoms with E-state index in [-0.39, 0.29) is 5.91 Å². The van der Waals surface area contributed by atoms with Gasteiger partial charge in [0.15, 0.2) is 0 Å². The third-order valence-corrected chi connectivity index (χ3v) is 5.44. The highest BCUT2D eigenvalue weighted by atomic mass is 35.5. The molecule has 148 valence electrons. The number of H-pyrrole nitrogens is 1. The maximum Gasteiger partial charge on any atom is 0.251 e. The van der Waals surface area contributed by atoms with Crippen LogP contribution in [0.2, 0.25) is 5.02 Å². The van der Waals surface area contributed by atoms with Gasteiger partial charge in [0.1, 0.15) is 0 Å². The van der Waals surface area contributed by atoms with Crippen molar-refractivity contribution in [3.8, 4) is 11.1 Å². The van der Waals surface area contributed by atoms with E-state index in [1.54, 1.807) is 6.33 Å². The number of halogens is 1. The van der Waals surface area contributed by atoms with Crippen molar-refractivity contribution in [1.29, 1.82) is 0 Å². The predicted molar refractivity (Wildman–Crippen MR) is 114 cm³/mol. The first-order chi connectivity index (χ1) is 13.5. The lowest BCUT2D eigenvalue weighted by molar-refractivity contribution is 0.1000. The number of aromatic nitrogens is 3. The van der Waals surface area contributed by atoms with Crippen LogP contribution in [0.25, 0.3) is 11.1 Å². The minimum atomic E-state index is -0.389. The molecule has 0 aliphatic rings. The lowest BCUT2D eigenvalue weighted by Gasteiger charge is -2.13. The Morgan fingerprint density at radius 2 is 1.96 bits per heavy atom. The number of amides is 1. The summed E-state index contributed by atoms with van der Waals surface area (Å²) >= 11 is 6.08. The fourth-order valence-corrected chi connectivity index (χ4v) is 3.91. The molecule has 2 aromatic heterocycles. The number of aromatic amines is 1. The molecule has 0 radical (unpaired) electrons. The number of imidazole rings is 1. The highest BCUT2D eigenvalue weighted by molar-refractivity contribution is 6.30. The molecule has 3 rings (SSSR count). The minimum absolute atomic E-state index is 0.389. The zero-order valence-corrected chi connectivity index (χ0v) is 17.2. The molecule has 3 N–H and O–H groups in total. The topological polar surface area (TPSA) is 76.7 Å². The smallest absolute Gasteiger partial charge is 0.251 e. The number of hydrogen-bond acceptors (Lipinski definition) is 2. The number of benzene rings is 1. The summed E-state index contributed by atoms with van der Waals surface area (Å²) in [5.41, 5.74) is 11.5. The fraction of sp³-hybridized carbons (Fsp3) is 0.364. The van der Waals surface area contributed by atoms with Crippen LogP contribution < -0.4 is 5.73 Å². The maximum absolute atomic E-state index is 12.4.